The van der Waals surface area contributed by atoms with Gasteiger partial charge in [-0.2, -0.15) is 0 Å². The summed E-state index contributed by atoms with van der Waals surface area (Å²) in [5.74, 6) is -0.819. The molecule has 0 saturated carbocycles. The van der Waals surface area contributed by atoms with Gasteiger partial charge in [0, 0.05) is 0 Å². The molecular weight excluding hydrogens is 634 g/mol. The Bertz CT molecular complexity index is 946. The van der Waals surface area contributed by atoms with Crippen LogP contribution in [0.1, 0.15) is 34.1 Å². The van der Waals surface area contributed by atoms with Gasteiger partial charge < -0.3 is 52.1 Å². The Balaban J connectivity index is 1.18. The van der Waals surface area contributed by atoms with Gasteiger partial charge in [0.15, 0.2) is 0 Å². The van der Waals surface area contributed by atoms with Crippen molar-refractivity contribution >= 4 is 17.8 Å². The number of rotatable bonds is 34. The average Bonchev–Trinajstić information content (AvgIpc) is 3.33. The van der Waals surface area contributed by atoms with Gasteiger partial charge in [-0.05, 0) is 19.1 Å². The summed E-state index contributed by atoms with van der Waals surface area (Å²) in [7, 11) is 0. The lowest BCUT2D eigenvalue weighted by Gasteiger charge is -2.13. The van der Waals surface area contributed by atoms with Crippen LogP contribution in [0.4, 0.5) is 0 Å². The lowest BCUT2D eigenvalue weighted by molar-refractivity contribution is -0.144. The third kappa shape index (κ3) is 20.1. The molecule has 1 aliphatic rings. The highest BCUT2D eigenvalue weighted by Gasteiger charge is 2.34. The number of benzene rings is 1. The van der Waals surface area contributed by atoms with Crippen molar-refractivity contribution in [2.75, 3.05) is 145 Å². The molecule has 48 heavy (non-hydrogen) atoms. The van der Waals surface area contributed by atoms with Crippen molar-refractivity contribution in [2.45, 2.75) is 13.3 Å². The minimum absolute atomic E-state index is 0.210. The fraction of sp³-hybridized carbons (Fsp3) is 0.727. The highest BCUT2D eigenvalue weighted by atomic mass is 16.6. The highest BCUT2D eigenvalue weighted by molar-refractivity contribution is 6.21. The molecule has 274 valence electrons. The van der Waals surface area contributed by atoms with Crippen molar-refractivity contribution in [3.8, 4) is 0 Å². The van der Waals surface area contributed by atoms with Crippen molar-refractivity contribution in [2.24, 2.45) is 0 Å². The number of esters is 1. The van der Waals surface area contributed by atoms with Crippen LogP contribution in [0.15, 0.2) is 24.3 Å². The molecule has 1 heterocycles. The van der Waals surface area contributed by atoms with Crippen LogP contribution in [-0.2, 0) is 56.9 Å². The molecule has 0 fully saturated rings. The summed E-state index contributed by atoms with van der Waals surface area (Å²) in [5, 5.41) is 0. The van der Waals surface area contributed by atoms with Gasteiger partial charge in [0.05, 0.1) is 163 Å². The van der Waals surface area contributed by atoms with Gasteiger partial charge in [-0.3, -0.25) is 19.3 Å². The third-order valence-electron chi connectivity index (χ3n) is 6.44. The molecule has 0 aromatic heterocycles. The maximum Gasteiger partial charge on any atom is 0.308 e. The summed E-state index contributed by atoms with van der Waals surface area (Å²) in [4.78, 5) is 37.0. The minimum atomic E-state index is -0.281. The van der Waals surface area contributed by atoms with E-state index in [1.165, 1.54) is 4.90 Å². The van der Waals surface area contributed by atoms with E-state index < -0.39 is 0 Å². The van der Waals surface area contributed by atoms with Gasteiger partial charge in [-0.15, -0.1) is 0 Å². The second-order valence-electron chi connectivity index (χ2n) is 9.99. The Morgan fingerprint density at radius 2 is 0.771 bits per heavy atom. The van der Waals surface area contributed by atoms with Crippen LogP contribution in [0.5, 0.6) is 0 Å². The summed E-state index contributed by atoms with van der Waals surface area (Å²) in [5.41, 5.74) is 0.877. The van der Waals surface area contributed by atoms with Gasteiger partial charge >= 0.3 is 5.97 Å². The van der Waals surface area contributed by atoms with Gasteiger partial charge in [0.25, 0.3) is 11.8 Å². The molecule has 0 aliphatic carbocycles. The number of fused-ring (bicyclic) bond motifs is 1. The standard InChI is InChI=1S/C33H53NO14/c1-2-48-31(35)7-9-38-11-13-40-15-17-42-19-21-44-23-25-46-27-28-47-26-24-45-22-20-43-18-16-41-14-12-39-10-8-34-32(36)29-5-3-4-6-30(29)33(34)37/h3-6H,2,7-28H2,1H3. The minimum Gasteiger partial charge on any atom is -0.466 e. The molecule has 0 radical (unpaired) electrons. The first-order chi connectivity index (χ1) is 23.6. The molecule has 15 heteroatoms. The van der Waals surface area contributed by atoms with Crippen LogP contribution in [0.25, 0.3) is 0 Å². The van der Waals surface area contributed by atoms with Gasteiger partial charge in [-0.25, -0.2) is 0 Å². The first-order valence-corrected chi connectivity index (χ1v) is 16.5. The zero-order chi connectivity index (χ0) is 34.3. The van der Waals surface area contributed by atoms with Gasteiger partial charge in [0.1, 0.15) is 0 Å². The van der Waals surface area contributed by atoms with E-state index in [9.17, 15) is 14.4 Å². The molecule has 0 unspecified atom stereocenters. The summed E-state index contributed by atoms with van der Waals surface area (Å²) in [6.07, 6.45) is 0.249. The van der Waals surface area contributed by atoms with E-state index >= 15 is 0 Å². The summed E-state index contributed by atoms with van der Waals surface area (Å²) < 4.78 is 59.2. The van der Waals surface area contributed by atoms with E-state index in [0.29, 0.717) is 143 Å². The maximum atomic E-state index is 12.3. The SMILES string of the molecule is CCOC(=O)CCOCCOCCOCCOCCOCCOCCOCCOCCOCCOCCN1C(=O)c2ccccc2C1=O. The number of hydrogen-bond donors (Lipinski definition) is 0. The lowest BCUT2D eigenvalue weighted by atomic mass is 10.1. The molecule has 1 aromatic carbocycles. The molecule has 0 N–H and O–H groups in total. The molecule has 2 rings (SSSR count). The second kappa shape index (κ2) is 29.4. The van der Waals surface area contributed by atoms with Crippen molar-refractivity contribution in [3.63, 3.8) is 0 Å². The maximum absolute atomic E-state index is 12.3. The second-order valence-corrected chi connectivity index (χ2v) is 9.99. The van der Waals surface area contributed by atoms with E-state index in [2.05, 4.69) is 0 Å². The fourth-order valence-corrected chi connectivity index (χ4v) is 4.07. The summed E-state index contributed by atoms with van der Waals surface area (Å²) >= 11 is 0. The fourth-order valence-electron chi connectivity index (χ4n) is 4.07. The van der Waals surface area contributed by atoms with E-state index in [1.807, 2.05) is 0 Å². The number of amides is 2. The van der Waals surface area contributed by atoms with E-state index in [1.54, 1.807) is 31.2 Å². The molecule has 2 amide bonds. The number of hydrogen-bond acceptors (Lipinski definition) is 14. The number of ether oxygens (including phenoxy) is 11. The van der Waals surface area contributed by atoms with E-state index in [-0.39, 0.29) is 37.4 Å². The van der Waals surface area contributed by atoms with Crippen LogP contribution >= 0.6 is 0 Å². The van der Waals surface area contributed by atoms with Crippen molar-refractivity contribution in [1.82, 2.24) is 4.90 Å². The third-order valence-corrected chi connectivity index (χ3v) is 6.44. The monoisotopic (exact) mass is 687 g/mol. The zero-order valence-corrected chi connectivity index (χ0v) is 28.2. The smallest absolute Gasteiger partial charge is 0.308 e. The topological polar surface area (TPSA) is 156 Å². The molecule has 1 aromatic rings. The van der Waals surface area contributed by atoms with Crippen molar-refractivity contribution in [3.05, 3.63) is 35.4 Å². The van der Waals surface area contributed by atoms with Crippen LogP contribution < -0.4 is 0 Å². The van der Waals surface area contributed by atoms with Crippen molar-refractivity contribution in [1.29, 1.82) is 0 Å². The Labute approximate surface area is 283 Å². The van der Waals surface area contributed by atoms with E-state index in [4.69, 9.17) is 52.1 Å². The largest absolute Gasteiger partial charge is 0.466 e. The molecule has 0 atom stereocenters. The van der Waals surface area contributed by atoms with Gasteiger partial charge in [0.2, 0.25) is 0 Å². The van der Waals surface area contributed by atoms with E-state index in [0.717, 1.165) is 0 Å². The average molecular weight is 688 g/mol. The van der Waals surface area contributed by atoms with Crippen LogP contribution in [0, 0.1) is 0 Å². The first-order valence-electron chi connectivity index (χ1n) is 16.5. The number of carbonyl (C=O) groups excluding carboxylic acids is 3. The number of carbonyl (C=O) groups is 3. The van der Waals surface area contributed by atoms with Crippen LogP contribution in [-0.4, -0.2) is 168 Å². The molecule has 0 bridgehead atoms. The normalized spacial score (nSPS) is 12.6. The molecule has 0 spiro atoms. The lowest BCUT2D eigenvalue weighted by Crippen LogP contribution is -2.33. The predicted molar refractivity (Wildman–Crippen MR) is 171 cm³/mol. The summed E-state index contributed by atoms with van der Waals surface area (Å²) in [6, 6.07) is 6.81. The predicted octanol–water partition coefficient (Wildman–Crippen LogP) is 1.40. The Hall–Kier alpha value is -2.57. The van der Waals surface area contributed by atoms with Gasteiger partial charge in [-0.1, -0.05) is 12.1 Å². The Morgan fingerprint density at radius 3 is 1.08 bits per heavy atom. The number of imide groups is 1. The molecule has 0 saturated heterocycles. The molecular formula is C33H53NO14. The first kappa shape index (κ1) is 41.6. The quantitative estimate of drug-likeness (QED) is 0.0582. The summed E-state index contributed by atoms with van der Waals surface area (Å²) in [6.45, 7) is 11.1. The Kier molecular flexibility index (Phi) is 25.4. The van der Waals surface area contributed by atoms with Crippen LogP contribution in [0.3, 0.4) is 0 Å². The Morgan fingerprint density at radius 1 is 0.479 bits per heavy atom. The zero-order valence-electron chi connectivity index (χ0n) is 28.2. The molecule has 15 nitrogen and oxygen atoms in total. The van der Waals surface area contributed by atoms with Crippen molar-refractivity contribution < 1.29 is 66.5 Å². The molecule has 1 aliphatic heterocycles. The highest BCUT2D eigenvalue weighted by Crippen LogP contribution is 2.21. The van der Waals surface area contributed by atoms with Crippen LogP contribution in [0.2, 0.25) is 0 Å². The number of nitrogens with zero attached hydrogens (tertiary/aromatic N) is 1.